The van der Waals surface area contributed by atoms with Gasteiger partial charge in [0.15, 0.2) is 0 Å². The lowest BCUT2D eigenvalue weighted by Crippen LogP contribution is -2.38. The highest BCUT2D eigenvalue weighted by Gasteiger charge is 2.41. The molecule has 0 radical (unpaired) electrons. The van der Waals surface area contributed by atoms with Crippen molar-refractivity contribution in [3.63, 3.8) is 0 Å². The molecule has 0 unspecified atom stereocenters. The SMILES string of the molecule is COc1ccc(CN[C@H]2CCC[C@@H](C(F)(F)F)C2)cc1NC(C)=O. The number of nitrogens with one attached hydrogen (secondary N) is 2. The lowest BCUT2D eigenvalue weighted by atomic mass is 9.85. The van der Waals surface area contributed by atoms with Crippen LogP contribution in [0.4, 0.5) is 18.9 Å². The van der Waals surface area contributed by atoms with E-state index in [1.54, 1.807) is 12.1 Å². The smallest absolute Gasteiger partial charge is 0.391 e. The Bertz CT molecular complexity index is 575. The third-order valence-electron chi connectivity index (χ3n) is 4.31. The molecule has 0 aliphatic heterocycles. The molecule has 1 fully saturated rings. The summed E-state index contributed by atoms with van der Waals surface area (Å²) < 4.78 is 43.7. The van der Waals surface area contributed by atoms with Gasteiger partial charge in [-0.05, 0) is 37.0 Å². The summed E-state index contributed by atoms with van der Waals surface area (Å²) in [5, 5.41) is 5.89. The maximum atomic E-state index is 12.9. The Morgan fingerprint density at radius 2 is 2.08 bits per heavy atom. The van der Waals surface area contributed by atoms with E-state index in [4.69, 9.17) is 4.74 Å². The molecule has 1 aliphatic rings. The number of amides is 1. The summed E-state index contributed by atoms with van der Waals surface area (Å²) in [6, 6.07) is 5.21. The molecule has 0 aromatic heterocycles. The maximum absolute atomic E-state index is 12.9. The molecule has 4 nitrogen and oxygen atoms in total. The highest BCUT2D eigenvalue weighted by molar-refractivity contribution is 5.90. The quantitative estimate of drug-likeness (QED) is 0.853. The van der Waals surface area contributed by atoms with Gasteiger partial charge in [0.05, 0.1) is 18.7 Å². The van der Waals surface area contributed by atoms with Gasteiger partial charge in [0.1, 0.15) is 5.75 Å². The van der Waals surface area contributed by atoms with E-state index >= 15 is 0 Å². The van der Waals surface area contributed by atoms with E-state index in [1.807, 2.05) is 6.07 Å². The van der Waals surface area contributed by atoms with Crippen molar-refractivity contribution in [1.82, 2.24) is 5.32 Å². The fourth-order valence-electron chi connectivity index (χ4n) is 3.09. The predicted molar refractivity (Wildman–Crippen MR) is 85.9 cm³/mol. The Labute approximate surface area is 139 Å². The summed E-state index contributed by atoms with van der Waals surface area (Å²) in [5.74, 6) is -0.878. The van der Waals surface area contributed by atoms with Gasteiger partial charge in [-0.25, -0.2) is 0 Å². The minimum atomic E-state index is -4.11. The number of alkyl halides is 3. The van der Waals surface area contributed by atoms with Crippen LogP contribution in [0, 0.1) is 5.92 Å². The number of halogens is 3. The zero-order valence-corrected chi connectivity index (χ0v) is 13.9. The molecule has 1 aromatic rings. The fraction of sp³-hybridized carbons (Fsp3) is 0.588. The van der Waals surface area contributed by atoms with Crippen LogP contribution >= 0.6 is 0 Å². The van der Waals surface area contributed by atoms with E-state index in [-0.39, 0.29) is 24.8 Å². The van der Waals surface area contributed by atoms with Gasteiger partial charge in [-0.1, -0.05) is 12.5 Å². The second-order valence-electron chi connectivity index (χ2n) is 6.20. The normalized spacial score (nSPS) is 21.4. The van der Waals surface area contributed by atoms with Gasteiger partial charge >= 0.3 is 6.18 Å². The van der Waals surface area contributed by atoms with Crippen LogP contribution in [0.2, 0.25) is 0 Å². The van der Waals surface area contributed by atoms with Crippen LogP contribution in [-0.4, -0.2) is 25.2 Å². The molecule has 2 N–H and O–H groups in total. The van der Waals surface area contributed by atoms with Crippen molar-refractivity contribution in [2.24, 2.45) is 5.92 Å². The Morgan fingerprint density at radius 1 is 1.33 bits per heavy atom. The minimum Gasteiger partial charge on any atom is -0.495 e. The molecule has 1 saturated carbocycles. The number of carbonyl (C=O) groups excluding carboxylic acids is 1. The minimum absolute atomic E-state index is 0.123. The van der Waals surface area contributed by atoms with Gasteiger partial charge in [0.2, 0.25) is 5.91 Å². The van der Waals surface area contributed by atoms with E-state index in [0.717, 1.165) is 12.0 Å². The number of carbonyl (C=O) groups is 1. The molecule has 1 aliphatic carbocycles. The lowest BCUT2D eigenvalue weighted by molar-refractivity contribution is -0.183. The average Bonchev–Trinajstić information content (AvgIpc) is 2.52. The number of ether oxygens (including phenoxy) is 1. The van der Waals surface area contributed by atoms with Crippen molar-refractivity contribution in [3.05, 3.63) is 23.8 Å². The topological polar surface area (TPSA) is 50.4 Å². The molecule has 0 heterocycles. The summed E-state index contributed by atoms with van der Waals surface area (Å²) in [6.45, 7) is 1.86. The van der Waals surface area contributed by atoms with Gasteiger partial charge in [0.25, 0.3) is 0 Å². The summed E-state index contributed by atoms with van der Waals surface area (Å²) in [5.41, 5.74) is 1.44. The van der Waals surface area contributed by atoms with Crippen molar-refractivity contribution in [1.29, 1.82) is 0 Å². The molecule has 134 valence electrons. The molecule has 1 amide bonds. The molecule has 7 heteroatoms. The van der Waals surface area contributed by atoms with Crippen LogP contribution in [0.25, 0.3) is 0 Å². The standard InChI is InChI=1S/C17H23F3N2O2/c1-11(23)22-15-8-12(6-7-16(15)24-2)10-21-14-5-3-4-13(9-14)17(18,19)20/h6-8,13-14,21H,3-5,9-10H2,1-2H3,(H,22,23)/t13-,14+/m1/s1. The molecule has 2 rings (SSSR count). The van der Waals surface area contributed by atoms with Crippen LogP contribution in [0.15, 0.2) is 18.2 Å². The van der Waals surface area contributed by atoms with E-state index in [2.05, 4.69) is 10.6 Å². The summed E-state index contributed by atoms with van der Waals surface area (Å²) in [7, 11) is 1.51. The van der Waals surface area contributed by atoms with Crippen molar-refractivity contribution in [3.8, 4) is 5.75 Å². The van der Waals surface area contributed by atoms with Crippen LogP contribution in [0.5, 0.6) is 5.75 Å². The van der Waals surface area contributed by atoms with Gasteiger partial charge in [0, 0.05) is 19.5 Å². The highest BCUT2D eigenvalue weighted by Crippen LogP contribution is 2.37. The Balaban J connectivity index is 1.97. The van der Waals surface area contributed by atoms with Crippen LogP contribution in [0.3, 0.4) is 0 Å². The molecular formula is C17H23F3N2O2. The first-order valence-electron chi connectivity index (χ1n) is 8.04. The van der Waals surface area contributed by atoms with Gasteiger partial charge < -0.3 is 15.4 Å². The van der Waals surface area contributed by atoms with Crippen molar-refractivity contribution in [2.75, 3.05) is 12.4 Å². The number of benzene rings is 1. The number of hydrogen-bond acceptors (Lipinski definition) is 3. The molecule has 1 aromatic carbocycles. The first kappa shape index (κ1) is 18.6. The zero-order chi connectivity index (χ0) is 17.7. The molecule has 0 spiro atoms. The maximum Gasteiger partial charge on any atom is 0.391 e. The zero-order valence-electron chi connectivity index (χ0n) is 13.9. The lowest BCUT2D eigenvalue weighted by Gasteiger charge is -2.31. The van der Waals surface area contributed by atoms with E-state index < -0.39 is 12.1 Å². The Hall–Kier alpha value is -1.76. The second kappa shape index (κ2) is 7.88. The molecule has 24 heavy (non-hydrogen) atoms. The summed E-state index contributed by atoms with van der Waals surface area (Å²) >= 11 is 0. The van der Waals surface area contributed by atoms with Crippen molar-refractivity contribution in [2.45, 2.75) is 51.4 Å². The first-order chi connectivity index (χ1) is 11.3. The monoisotopic (exact) mass is 344 g/mol. The van der Waals surface area contributed by atoms with Gasteiger partial charge in [-0.2, -0.15) is 13.2 Å². The number of anilines is 1. The van der Waals surface area contributed by atoms with Gasteiger partial charge in [-0.15, -0.1) is 0 Å². The third kappa shape index (κ3) is 5.12. The predicted octanol–water partition coefficient (Wildman–Crippen LogP) is 3.86. The number of rotatable bonds is 5. The van der Waals surface area contributed by atoms with Crippen LogP contribution in [0.1, 0.15) is 38.2 Å². The van der Waals surface area contributed by atoms with E-state index in [1.165, 1.54) is 14.0 Å². The largest absolute Gasteiger partial charge is 0.495 e. The molecule has 2 atom stereocenters. The third-order valence-corrected chi connectivity index (χ3v) is 4.31. The average molecular weight is 344 g/mol. The molecule has 0 saturated heterocycles. The summed E-state index contributed by atoms with van der Waals surface area (Å²) in [4.78, 5) is 11.2. The van der Waals surface area contributed by atoms with Crippen LogP contribution < -0.4 is 15.4 Å². The Morgan fingerprint density at radius 3 is 2.71 bits per heavy atom. The fourth-order valence-corrected chi connectivity index (χ4v) is 3.09. The summed E-state index contributed by atoms with van der Waals surface area (Å²) in [6.07, 6.45) is -2.43. The molecular weight excluding hydrogens is 321 g/mol. The van der Waals surface area contributed by atoms with E-state index in [9.17, 15) is 18.0 Å². The van der Waals surface area contributed by atoms with Crippen molar-refractivity contribution < 1.29 is 22.7 Å². The highest BCUT2D eigenvalue weighted by atomic mass is 19.4. The number of hydrogen-bond donors (Lipinski definition) is 2. The first-order valence-corrected chi connectivity index (χ1v) is 8.04. The second-order valence-corrected chi connectivity index (χ2v) is 6.20. The van der Waals surface area contributed by atoms with Gasteiger partial charge in [-0.3, -0.25) is 4.79 Å². The van der Waals surface area contributed by atoms with Crippen molar-refractivity contribution >= 4 is 11.6 Å². The Kier molecular flexibility index (Phi) is 6.10. The number of methoxy groups -OCH3 is 1. The van der Waals surface area contributed by atoms with Crippen LogP contribution in [-0.2, 0) is 11.3 Å². The molecule has 0 bridgehead atoms. The van der Waals surface area contributed by atoms with E-state index in [0.29, 0.717) is 24.4 Å².